The van der Waals surface area contributed by atoms with Gasteiger partial charge in [-0.25, -0.2) is 9.78 Å². The number of aliphatic hydroxyl groups is 1. The zero-order chi connectivity index (χ0) is 17.3. The molecule has 2 aromatic heterocycles. The molecule has 1 saturated heterocycles. The first-order valence-corrected chi connectivity index (χ1v) is 7.64. The topological polar surface area (TPSA) is 113 Å². The minimum absolute atomic E-state index is 0.108. The van der Waals surface area contributed by atoms with Crippen LogP contribution in [0.15, 0.2) is 40.6 Å². The van der Waals surface area contributed by atoms with Crippen molar-refractivity contribution in [1.29, 1.82) is 0 Å². The zero-order valence-electron chi connectivity index (χ0n) is 13.3. The van der Waals surface area contributed by atoms with Gasteiger partial charge in [0.25, 0.3) is 5.56 Å². The van der Waals surface area contributed by atoms with E-state index < -0.39 is 22.9 Å². The Morgan fingerprint density at radius 2 is 2.25 bits per heavy atom. The second-order valence-corrected chi connectivity index (χ2v) is 6.23. The van der Waals surface area contributed by atoms with Crippen LogP contribution in [0.4, 0.5) is 0 Å². The summed E-state index contributed by atoms with van der Waals surface area (Å²) in [5, 5.41) is 10.8. The van der Waals surface area contributed by atoms with Crippen molar-refractivity contribution in [3.05, 3.63) is 51.8 Å². The number of aromatic amines is 1. The predicted molar refractivity (Wildman–Crippen MR) is 84.4 cm³/mol. The first-order valence-electron chi connectivity index (χ1n) is 7.64. The average Bonchev–Trinajstić information content (AvgIpc) is 3.00. The molecule has 2 N–H and O–H groups in total. The monoisotopic (exact) mass is 333 g/mol. The van der Waals surface area contributed by atoms with E-state index in [2.05, 4.69) is 9.97 Å². The Labute approximate surface area is 137 Å². The fourth-order valence-electron chi connectivity index (χ4n) is 3.12. The average molecular weight is 333 g/mol. The number of carbonyl (C=O) groups excluding carboxylic acids is 1. The largest absolute Gasteiger partial charge is 0.386 e. The van der Waals surface area contributed by atoms with Gasteiger partial charge in [-0.1, -0.05) is 0 Å². The van der Waals surface area contributed by atoms with E-state index in [4.69, 9.17) is 0 Å². The Morgan fingerprint density at radius 3 is 2.88 bits per heavy atom. The van der Waals surface area contributed by atoms with E-state index in [0.29, 0.717) is 13.0 Å². The Morgan fingerprint density at radius 1 is 1.46 bits per heavy atom. The molecule has 2 atom stereocenters. The quantitative estimate of drug-likeness (QED) is 0.745. The lowest BCUT2D eigenvalue weighted by molar-refractivity contribution is -0.141. The standard InChI is InChI=1S/C15H19N5O4/c1-15(24)9-19(13(22)8-18-7-4-16-10-18)5-2-11(15)20-6-3-12(21)17-14(20)23/h3-4,6-7,10-11,24H,2,5,8-9H2,1H3,(H,17,21,23)/t11-,15-/m1/s1. The number of β-amino-alcohol motifs (C(OH)–C–C–N with tert-alkyl or cyclic N) is 1. The maximum atomic E-state index is 12.4. The summed E-state index contributed by atoms with van der Waals surface area (Å²) in [6, 6.07) is 0.729. The molecule has 0 aromatic carbocycles. The highest BCUT2D eigenvalue weighted by molar-refractivity contribution is 5.76. The van der Waals surface area contributed by atoms with Crippen LogP contribution in [0.3, 0.4) is 0 Å². The molecule has 1 fully saturated rings. The Kier molecular flexibility index (Phi) is 4.10. The molecule has 0 saturated carbocycles. The molecular weight excluding hydrogens is 314 g/mol. The van der Waals surface area contributed by atoms with E-state index in [1.165, 1.54) is 16.8 Å². The predicted octanol–water partition coefficient (Wildman–Crippen LogP) is -1.04. The lowest BCUT2D eigenvalue weighted by Crippen LogP contribution is -2.56. The van der Waals surface area contributed by atoms with Gasteiger partial charge < -0.3 is 14.6 Å². The molecule has 0 bridgehead atoms. The van der Waals surface area contributed by atoms with Crippen LogP contribution in [-0.4, -0.2) is 53.7 Å². The van der Waals surface area contributed by atoms with Crippen molar-refractivity contribution in [2.24, 2.45) is 0 Å². The van der Waals surface area contributed by atoms with Crippen molar-refractivity contribution in [1.82, 2.24) is 24.0 Å². The molecule has 0 unspecified atom stereocenters. The van der Waals surface area contributed by atoms with Crippen molar-refractivity contribution >= 4 is 5.91 Å². The van der Waals surface area contributed by atoms with Crippen LogP contribution in [0.5, 0.6) is 0 Å². The molecule has 1 aliphatic heterocycles. The number of piperidine rings is 1. The van der Waals surface area contributed by atoms with Crippen molar-refractivity contribution < 1.29 is 9.90 Å². The number of rotatable bonds is 3. The van der Waals surface area contributed by atoms with Gasteiger partial charge in [-0.3, -0.25) is 19.1 Å². The summed E-state index contributed by atoms with van der Waals surface area (Å²) in [4.78, 5) is 43.2. The number of aromatic nitrogens is 4. The SMILES string of the molecule is C[C@@]1(O)CN(C(=O)Cn2ccnc2)CC[C@H]1n1ccc(=O)[nH]c1=O. The van der Waals surface area contributed by atoms with Gasteiger partial charge in [0.15, 0.2) is 0 Å². The van der Waals surface area contributed by atoms with Crippen LogP contribution >= 0.6 is 0 Å². The third kappa shape index (κ3) is 3.16. The lowest BCUT2D eigenvalue weighted by atomic mass is 9.88. The second kappa shape index (κ2) is 6.08. The smallest absolute Gasteiger partial charge is 0.328 e. The lowest BCUT2D eigenvalue weighted by Gasteiger charge is -2.43. The van der Waals surface area contributed by atoms with E-state index in [9.17, 15) is 19.5 Å². The molecule has 0 aliphatic carbocycles. The van der Waals surface area contributed by atoms with E-state index in [-0.39, 0.29) is 19.0 Å². The first-order chi connectivity index (χ1) is 11.4. The van der Waals surface area contributed by atoms with Crippen molar-refractivity contribution in [3.63, 3.8) is 0 Å². The Balaban J connectivity index is 1.76. The number of likely N-dealkylation sites (tertiary alicyclic amines) is 1. The number of H-pyrrole nitrogens is 1. The van der Waals surface area contributed by atoms with Gasteiger partial charge in [-0.05, 0) is 13.3 Å². The van der Waals surface area contributed by atoms with Gasteiger partial charge >= 0.3 is 5.69 Å². The van der Waals surface area contributed by atoms with Crippen LogP contribution in [0.25, 0.3) is 0 Å². The molecule has 0 radical (unpaired) electrons. The fraction of sp³-hybridized carbons (Fsp3) is 0.467. The van der Waals surface area contributed by atoms with Crippen LogP contribution in [-0.2, 0) is 11.3 Å². The molecule has 9 heteroatoms. The van der Waals surface area contributed by atoms with E-state index in [0.717, 1.165) is 0 Å². The Bertz CT molecular complexity index is 836. The summed E-state index contributed by atoms with van der Waals surface area (Å²) < 4.78 is 2.98. The minimum Gasteiger partial charge on any atom is -0.386 e. The Hall–Kier alpha value is -2.68. The number of nitrogens with one attached hydrogen (secondary N) is 1. The second-order valence-electron chi connectivity index (χ2n) is 6.23. The molecule has 24 heavy (non-hydrogen) atoms. The van der Waals surface area contributed by atoms with Gasteiger partial charge in [0.1, 0.15) is 12.1 Å². The number of nitrogens with zero attached hydrogens (tertiary/aromatic N) is 4. The van der Waals surface area contributed by atoms with Gasteiger partial charge in [-0.15, -0.1) is 0 Å². The van der Waals surface area contributed by atoms with E-state index in [1.54, 1.807) is 35.1 Å². The summed E-state index contributed by atoms with van der Waals surface area (Å²) >= 11 is 0. The molecule has 0 spiro atoms. The zero-order valence-corrected chi connectivity index (χ0v) is 13.3. The number of hydrogen-bond donors (Lipinski definition) is 2. The third-order valence-corrected chi connectivity index (χ3v) is 4.32. The fourth-order valence-corrected chi connectivity index (χ4v) is 3.12. The van der Waals surface area contributed by atoms with Crippen LogP contribution in [0.2, 0.25) is 0 Å². The van der Waals surface area contributed by atoms with Crippen LogP contribution < -0.4 is 11.2 Å². The van der Waals surface area contributed by atoms with Crippen LogP contribution in [0.1, 0.15) is 19.4 Å². The summed E-state index contributed by atoms with van der Waals surface area (Å²) in [6.45, 7) is 2.27. The number of hydrogen-bond acceptors (Lipinski definition) is 5. The summed E-state index contributed by atoms with van der Waals surface area (Å²) in [5.74, 6) is -0.124. The minimum atomic E-state index is -1.29. The van der Waals surface area contributed by atoms with Gasteiger partial charge in [0, 0.05) is 31.2 Å². The molecule has 1 aliphatic rings. The first kappa shape index (κ1) is 16.2. The highest BCUT2D eigenvalue weighted by Gasteiger charge is 2.41. The molecular formula is C15H19N5O4. The molecule has 128 valence electrons. The summed E-state index contributed by atoms with van der Waals surface area (Å²) in [7, 11) is 0. The van der Waals surface area contributed by atoms with Gasteiger partial charge in [-0.2, -0.15) is 0 Å². The third-order valence-electron chi connectivity index (χ3n) is 4.32. The highest BCUT2D eigenvalue weighted by Crippen LogP contribution is 2.30. The number of imidazole rings is 1. The van der Waals surface area contributed by atoms with Crippen molar-refractivity contribution in [2.75, 3.05) is 13.1 Å². The maximum absolute atomic E-state index is 12.4. The normalized spacial score (nSPS) is 24.1. The number of carbonyl (C=O) groups is 1. The van der Waals surface area contributed by atoms with E-state index >= 15 is 0 Å². The number of amides is 1. The molecule has 1 amide bonds. The van der Waals surface area contributed by atoms with Crippen molar-refractivity contribution in [2.45, 2.75) is 31.5 Å². The van der Waals surface area contributed by atoms with Gasteiger partial charge in [0.2, 0.25) is 5.91 Å². The molecule has 2 aromatic rings. The van der Waals surface area contributed by atoms with Crippen LogP contribution in [0, 0.1) is 0 Å². The molecule has 9 nitrogen and oxygen atoms in total. The summed E-state index contributed by atoms with van der Waals surface area (Å²) in [6.07, 6.45) is 6.64. The van der Waals surface area contributed by atoms with Gasteiger partial charge in [0.05, 0.1) is 18.9 Å². The van der Waals surface area contributed by atoms with Crippen molar-refractivity contribution in [3.8, 4) is 0 Å². The molecule has 3 rings (SSSR count). The molecule has 3 heterocycles. The summed E-state index contributed by atoms with van der Waals surface area (Å²) in [5.41, 5.74) is -2.33. The van der Waals surface area contributed by atoms with E-state index in [1.807, 2.05) is 0 Å². The maximum Gasteiger partial charge on any atom is 0.328 e. The highest BCUT2D eigenvalue weighted by atomic mass is 16.3.